The minimum atomic E-state index is -4.10. The maximum absolute atomic E-state index is 13.4. The third-order valence-electron chi connectivity index (χ3n) is 4.85. The van der Waals surface area contributed by atoms with Crippen molar-refractivity contribution in [2.45, 2.75) is 18.4 Å². The summed E-state index contributed by atoms with van der Waals surface area (Å²) in [5.41, 5.74) is 0.443. The lowest BCUT2D eigenvalue weighted by atomic mass is 10.2. The summed E-state index contributed by atoms with van der Waals surface area (Å²) in [4.78, 5) is 29.2. The molecule has 174 valence electrons. The zero-order valence-corrected chi connectivity index (χ0v) is 20.1. The monoisotopic (exact) mass is 545 g/mol. The average molecular weight is 546 g/mol. The Bertz CT molecular complexity index is 1590. The Kier molecular flexibility index (Phi) is 6.49. The number of hydrogen-bond acceptors (Lipinski definition) is 6. The predicted molar refractivity (Wildman–Crippen MR) is 127 cm³/mol. The van der Waals surface area contributed by atoms with Gasteiger partial charge in [0.1, 0.15) is 18.1 Å². The SMILES string of the molecule is Cc1cc(F)ccc1S(=O)(=O)Nc1ccccc1C(=O)OCc1cc(=O)n2cc(Br)ccc2n1. The van der Waals surface area contributed by atoms with Gasteiger partial charge in [-0.3, -0.25) is 13.9 Å². The Morgan fingerprint density at radius 2 is 1.91 bits per heavy atom. The van der Waals surface area contributed by atoms with E-state index in [2.05, 4.69) is 25.6 Å². The van der Waals surface area contributed by atoms with Crippen molar-refractivity contribution in [3.8, 4) is 0 Å². The van der Waals surface area contributed by atoms with E-state index in [1.165, 1.54) is 29.5 Å². The molecule has 4 aromatic rings. The van der Waals surface area contributed by atoms with Gasteiger partial charge in [-0.05, 0) is 70.9 Å². The number of sulfonamides is 1. The van der Waals surface area contributed by atoms with Gasteiger partial charge in [0.25, 0.3) is 15.6 Å². The molecule has 0 aliphatic heterocycles. The summed E-state index contributed by atoms with van der Waals surface area (Å²) >= 11 is 3.29. The molecule has 34 heavy (non-hydrogen) atoms. The lowest BCUT2D eigenvalue weighted by Gasteiger charge is -2.13. The number of aryl methyl sites for hydroxylation is 1. The molecule has 0 unspecified atom stereocenters. The summed E-state index contributed by atoms with van der Waals surface area (Å²) in [5.74, 6) is -1.37. The first-order chi connectivity index (χ1) is 16.1. The van der Waals surface area contributed by atoms with Crippen LogP contribution in [-0.4, -0.2) is 23.8 Å². The van der Waals surface area contributed by atoms with Crippen LogP contribution in [0.5, 0.6) is 0 Å². The van der Waals surface area contributed by atoms with Gasteiger partial charge in [-0.15, -0.1) is 0 Å². The zero-order valence-electron chi connectivity index (χ0n) is 17.7. The molecule has 0 bridgehead atoms. The van der Waals surface area contributed by atoms with Crippen molar-refractivity contribution in [2.24, 2.45) is 0 Å². The summed E-state index contributed by atoms with van der Waals surface area (Å²) in [6, 6.07) is 13.8. The second-order valence-electron chi connectivity index (χ2n) is 7.30. The van der Waals surface area contributed by atoms with Gasteiger partial charge < -0.3 is 4.74 Å². The largest absolute Gasteiger partial charge is 0.456 e. The van der Waals surface area contributed by atoms with E-state index >= 15 is 0 Å². The summed E-state index contributed by atoms with van der Waals surface area (Å²) in [6.07, 6.45) is 1.58. The zero-order chi connectivity index (χ0) is 24.5. The van der Waals surface area contributed by atoms with Crippen molar-refractivity contribution < 1.29 is 22.3 Å². The molecular weight excluding hydrogens is 529 g/mol. The molecule has 4 rings (SSSR count). The van der Waals surface area contributed by atoms with Gasteiger partial charge in [0, 0.05) is 16.7 Å². The van der Waals surface area contributed by atoms with E-state index < -0.39 is 21.8 Å². The van der Waals surface area contributed by atoms with Gasteiger partial charge in [0.2, 0.25) is 0 Å². The van der Waals surface area contributed by atoms with Crippen molar-refractivity contribution in [3.05, 3.63) is 104 Å². The van der Waals surface area contributed by atoms with E-state index in [0.29, 0.717) is 10.1 Å². The molecule has 0 radical (unpaired) electrons. The molecule has 2 aromatic carbocycles. The summed E-state index contributed by atoms with van der Waals surface area (Å²) in [6.45, 7) is 1.18. The highest BCUT2D eigenvalue weighted by atomic mass is 79.9. The van der Waals surface area contributed by atoms with Gasteiger partial charge in [0.05, 0.1) is 21.8 Å². The number of pyridine rings is 1. The number of esters is 1. The minimum absolute atomic E-state index is 0.00684. The number of ether oxygens (including phenoxy) is 1. The molecular formula is C23H17BrFN3O5S. The molecule has 2 aromatic heterocycles. The van der Waals surface area contributed by atoms with Crippen molar-refractivity contribution in [1.82, 2.24) is 9.38 Å². The van der Waals surface area contributed by atoms with Gasteiger partial charge >= 0.3 is 5.97 Å². The lowest BCUT2D eigenvalue weighted by molar-refractivity contribution is 0.0469. The van der Waals surface area contributed by atoms with Crippen molar-refractivity contribution in [3.63, 3.8) is 0 Å². The smallest absolute Gasteiger partial charge is 0.340 e. The number of nitrogens with zero attached hydrogens (tertiary/aromatic N) is 2. The molecule has 0 spiro atoms. The molecule has 0 amide bonds. The van der Waals surface area contributed by atoms with Gasteiger partial charge in [-0.1, -0.05) is 12.1 Å². The number of carbonyl (C=O) groups is 1. The maximum Gasteiger partial charge on any atom is 0.340 e. The van der Waals surface area contributed by atoms with E-state index in [4.69, 9.17) is 4.74 Å². The van der Waals surface area contributed by atoms with Crippen molar-refractivity contribution >= 4 is 43.3 Å². The number of fused-ring (bicyclic) bond motifs is 1. The number of anilines is 1. The fraction of sp³-hybridized carbons (Fsp3) is 0.0870. The summed E-state index contributed by atoms with van der Waals surface area (Å²) in [5, 5.41) is 0. The molecule has 0 atom stereocenters. The van der Waals surface area contributed by atoms with Crippen LogP contribution in [0.1, 0.15) is 21.6 Å². The Labute approximate surface area is 202 Å². The highest BCUT2D eigenvalue weighted by Gasteiger charge is 2.21. The number of hydrogen-bond donors (Lipinski definition) is 1. The topological polar surface area (TPSA) is 107 Å². The Morgan fingerprint density at radius 3 is 2.68 bits per heavy atom. The third kappa shape index (κ3) is 5.00. The van der Waals surface area contributed by atoms with Crippen LogP contribution in [0.3, 0.4) is 0 Å². The van der Waals surface area contributed by atoms with Crippen LogP contribution >= 0.6 is 15.9 Å². The third-order valence-corrected chi connectivity index (χ3v) is 6.84. The number of benzene rings is 2. The predicted octanol–water partition coefficient (Wildman–Crippen LogP) is 4.06. The molecule has 0 saturated heterocycles. The first kappa shape index (κ1) is 23.6. The lowest BCUT2D eigenvalue weighted by Crippen LogP contribution is -2.18. The van der Waals surface area contributed by atoms with Gasteiger partial charge in [0.15, 0.2) is 0 Å². The Hall–Kier alpha value is -3.57. The second-order valence-corrected chi connectivity index (χ2v) is 9.86. The van der Waals surface area contributed by atoms with Crippen LogP contribution in [0.25, 0.3) is 5.65 Å². The molecule has 1 N–H and O–H groups in total. The number of para-hydroxylation sites is 1. The Balaban J connectivity index is 1.56. The van der Waals surface area contributed by atoms with Gasteiger partial charge in [-0.2, -0.15) is 0 Å². The van der Waals surface area contributed by atoms with E-state index in [-0.39, 0.29) is 39.6 Å². The van der Waals surface area contributed by atoms with E-state index in [1.54, 1.807) is 30.5 Å². The normalized spacial score (nSPS) is 11.4. The van der Waals surface area contributed by atoms with Crippen LogP contribution in [-0.2, 0) is 21.4 Å². The second kappa shape index (κ2) is 9.35. The quantitative estimate of drug-likeness (QED) is 0.366. The molecule has 0 aliphatic rings. The van der Waals surface area contributed by atoms with E-state index in [9.17, 15) is 22.4 Å². The van der Waals surface area contributed by atoms with E-state index in [0.717, 1.165) is 18.2 Å². The van der Waals surface area contributed by atoms with Crippen molar-refractivity contribution in [1.29, 1.82) is 0 Å². The number of aromatic nitrogens is 2. The minimum Gasteiger partial charge on any atom is -0.456 e. The number of nitrogens with one attached hydrogen (secondary N) is 1. The first-order valence-corrected chi connectivity index (χ1v) is 12.1. The molecule has 8 nitrogen and oxygen atoms in total. The average Bonchev–Trinajstić information content (AvgIpc) is 2.78. The molecule has 0 aliphatic carbocycles. The van der Waals surface area contributed by atoms with Crippen LogP contribution < -0.4 is 10.3 Å². The maximum atomic E-state index is 13.4. The van der Waals surface area contributed by atoms with E-state index in [1.807, 2.05) is 0 Å². The highest BCUT2D eigenvalue weighted by molar-refractivity contribution is 9.10. The molecule has 2 heterocycles. The fourth-order valence-corrected chi connectivity index (χ4v) is 4.93. The van der Waals surface area contributed by atoms with Crippen LogP contribution in [0.4, 0.5) is 10.1 Å². The standard InChI is InChI=1S/C23H17BrFN3O5S/c1-14-10-16(25)7-8-20(14)34(31,32)27-19-5-3-2-4-18(19)23(30)33-13-17-11-22(29)28-12-15(24)6-9-21(28)26-17/h2-12,27H,13H2,1H3. The number of halogens is 2. The summed E-state index contributed by atoms with van der Waals surface area (Å²) in [7, 11) is -4.10. The molecule has 0 saturated carbocycles. The van der Waals surface area contributed by atoms with Crippen LogP contribution in [0.15, 0.2) is 81.0 Å². The highest BCUT2D eigenvalue weighted by Crippen LogP contribution is 2.23. The first-order valence-electron chi connectivity index (χ1n) is 9.87. The molecule has 11 heteroatoms. The Morgan fingerprint density at radius 1 is 1.15 bits per heavy atom. The number of rotatable bonds is 6. The van der Waals surface area contributed by atoms with Gasteiger partial charge in [-0.25, -0.2) is 22.6 Å². The molecule has 0 fully saturated rings. The van der Waals surface area contributed by atoms with Crippen LogP contribution in [0.2, 0.25) is 0 Å². The van der Waals surface area contributed by atoms with Crippen molar-refractivity contribution in [2.75, 3.05) is 4.72 Å². The number of carbonyl (C=O) groups excluding carboxylic acids is 1. The fourth-order valence-electron chi connectivity index (χ4n) is 3.28. The van der Waals surface area contributed by atoms with Crippen LogP contribution in [0, 0.1) is 12.7 Å². The summed E-state index contributed by atoms with van der Waals surface area (Å²) < 4.78 is 48.8.